The van der Waals surface area contributed by atoms with E-state index >= 15 is 0 Å². The third kappa shape index (κ3) is 7.89. The molecule has 0 bridgehead atoms. The van der Waals surface area contributed by atoms with Gasteiger partial charge in [0.15, 0.2) is 6.61 Å². The Hall–Kier alpha value is -1.76. The molecule has 34 heavy (non-hydrogen) atoms. The van der Waals surface area contributed by atoms with Gasteiger partial charge in [-0.05, 0) is 57.2 Å². The fraction of sp³-hybridized carbons (Fsp3) is 0.538. The number of fused-ring (bicyclic) bond motifs is 1. The minimum atomic E-state index is -0.381. The Bertz CT molecular complexity index is 989. The zero-order valence-corrected chi connectivity index (χ0v) is 22.2. The molecule has 5 nitrogen and oxygen atoms in total. The molecule has 8 heteroatoms. The number of benzene rings is 1. The summed E-state index contributed by atoms with van der Waals surface area (Å²) in [5.74, 6) is -0.414. The zero-order valence-electron chi connectivity index (χ0n) is 19.9. The summed E-state index contributed by atoms with van der Waals surface area (Å²) in [6.07, 6.45) is 10.9. The van der Waals surface area contributed by atoms with Gasteiger partial charge in [0.25, 0.3) is 5.91 Å². The summed E-state index contributed by atoms with van der Waals surface area (Å²) in [4.78, 5) is 27.0. The van der Waals surface area contributed by atoms with Crippen LogP contribution in [0.5, 0.6) is 5.75 Å². The van der Waals surface area contributed by atoms with Crippen LogP contribution in [0.25, 0.3) is 0 Å². The van der Waals surface area contributed by atoms with Gasteiger partial charge in [0.1, 0.15) is 10.8 Å². The lowest BCUT2D eigenvalue weighted by molar-refractivity contribution is -0.118. The van der Waals surface area contributed by atoms with E-state index < -0.39 is 0 Å². The average molecular weight is 527 g/mol. The van der Waals surface area contributed by atoms with Gasteiger partial charge in [0.2, 0.25) is 0 Å². The number of amides is 1. The molecule has 0 aliphatic heterocycles. The second-order valence-corrected chi connectivity index (χ2v) is 10.9. The normalized spacial score (nSPS) is 15.1. The number of esters is 1. The van der Waals surface area contributed by atoms with Crippen LogP contribution >= 0.6 is 34.5 Å². The van der Waals surface area contributed by atoms with Crippen molar-refractivity contribution < 1.29 is 19.1 Å². The van der Waals surface area contributed by atoms with Crippen LogP contribution in [0, 0.1) is 0 Å². The number of aryl methyl sites for hydroxylation is 1. The van der Waals surface area contributed by atoms with Crippen molar-refractivity contribution in [2.75, 3.05) is 11.9 Å². The molecule has 1 heterocycles. The first-order chi connectivity index (χ1) is 16.3. The molecule has 1 aliphatic rings. The molecule has 1 aromatic heterocycles. The Morgan fingerprint density at radius 1 is 1.00 bits per heavy atom. The number of carbonyl (C=O) groups is 2. The summed E-state index contributed by atoms with van der Waals surface area (Å²) in [6, 6.07) is 4.84. The van der Waals surface area contributed by atoms with E-state index in [9.17, 15) is 9.59 Å². The first kappa shape index (κ1) is 26.8. The molecule has 0 spiro atoms. The van der Waals surface area contributed by atoms with Crippen LogP contribution in [-0.2, 0) is 22.4 Å². The number of halogens is 2. The number of hydrogen-bond acceptors (Lipinski definition) is 5. The predicted molar refractivity (Wildman–Crippen MR) is 140 cm³/mol. The molecule has 186 valence electrons. The fourth-order valence-electron chi connectivity index (χ4n) is 4.10. The largest absolute Gasteiger partial charge is 0.482 e. The van der Waals surface area contributed by atoms with Gasteiger partial charge in [-0.25, -0.2) is 4.79 Å². The average Bonchev–Trinajstić information content (AvgIpc) is 3.10. The highest BCUT2D eigenvalue weighted by Gasteiger charge is 2.26. The SMILES string of the molecule is CC(C)OC(=O)c1c(NC(=O)COc2cc(Cl)ccc2Cl)sc2c1CCCCCCCCCC2. The first-order valence-corrected chi connectivity index (χ1v) is 13.7. The van der Waals surface area contributed by atoms with E-state index in [1.165, 1.54) is 48.3 Å². The van der Waals surface area contributed by atoms with Gasteiger partial charge in [-0.2, -0.15) is 0 Å². The summed E-state index contributed by atoms with van der Waals surface area (Å²) < 4.78 is 11.1. The highest BCUT2D eigenvalue weighted by atomic mass is 35.5. The number of ether oxygens (including phenoxy) is 2. The summed E-state index contributed by atoms with van der Waals surface area (Å²) in [5, 5.41) is 4.28. The smallest absolute Gasteiger partial charge is 0.341 e. The van der Waals surface area contributed by atoms with Crippen molar-refractivity contribution in [3.8, 4) is 5.75 Å². The summed E-state index contributed by atoms with van der Waals surface area (Å²) in [5.41, 5.74) is 1.53. The lowest BCUT2D eigenvalue weighted by Crippen LogP contribution is -2.22. The van der Waals surface area contributed by atoms with Gasteiger partial charge >= 0.3 is 5.97 Å². The molecule has 0 fully saturated rings. The highest BCUT2D eigenvalue weighted by molar-refractivity contribution is 7.17. The van der Waals surface area contributed by atoms with E-state index in [2.05, 4.69) is 5.32 Å². The number of thiophene rings is 1. The van der Waals surface area contributed by atoms with E-state index in [1.54, 1.807) is 18.2 Å². The number of nitrogens with one attached hydrogen (secondary N) is 1. The van der Waals surface area contributed by atoms with Crippen LogP contribution in [0.15, 0.2) is 18.2 Å². The summed E-state index contributed by atoms with van der Waals surface area (Å²) >= 11 is 13.6. The van der Waals surface area contributed by atoms with E-state index in [-0.39, 0.29) is 24.6 Å². The van der Waals surface area contributed by atoms with Gasteiger partial charge in [-0.15, -0.1) is 11.3 Å². The highest BCUT2D eigenvalue weighted by Crippen LogP contribution is 2.37. The van der Waals surface area contributed by atoms with Crippen LogP contribution in [0.3, 0.4) is 0 Å². The molecule has 1 aromatic carbocycles. The maximum atomic E-state index is 13.1. The maximum absolute atomic E-state index is 13.1. The van der Waals surface area contributed by atoms with Crippen molar-refractivity contribution >= 4 is 51.4 Å². The Morgan fingerprint density at radius 3 is 2.32 bits per heavy atom. The molecule has 0 radical (unpaired) electrons. The van der Waals surface area contributed by atoms with Crippen molar-refractivity contribution in [2.45, 2.75) is 84.2 Å². The third-order valence-corrected chi connectivity index (χ3v) is 7.48. The number of rotatable bonds is 6. The lowest BCUT2D eigenvalue weighted by atomic mass is 9.97. The van der Waals surface area contributed by atoms with Crippen molar-refractivity contribution in [3.63, 3.8) is 0 Å². The van der Waals surface area contributed by atoms with Gasteiger partial charge in [-0.3, -0.25) is 4.79 Å². The van der Waals surface area contributed by atoms with Gasteiger partial charge < -0.3 is 14.8 Å². The standard InChI is InChI=1S/C26H33Cl2NO4S/c1-17(2)33-26(31)24-19-11-9-7-5-3-4-6-8-10-12-22(19)34-25(24)29-23(30)16-32-21-15-18(27)13-14-20(21)28/h13-15,17H,3-12,16H2,1-2H3,(H,29,30). The van der Waals surface area contributed by atoms with Gasteiger partial charge in [0.05, 0.1) is 16.7 Å². The maximum Gasteiger partial charge on any atom is 0.341 e. The quantitative estimate of drug-likeness (QED) is 0.389. The van der Waals surface area contributed by atoms with Crippen molar-refractivity contribution in [2.24, 2.45) is 0 Å². The Balaban J connectivity index is 1.82. The van der Waals surface area contributed by atoms with Gasteiger partial charge in [0, 0.05) is 16.0 Å². The monoisotopic (exact) mass is 525 g/mol. The van der Waals surface area contributed by atoms with Crippen molar-refractivity contribution in [3.05, 3.63) is 44.2 Å². The van der Waals surface area contributed by atoms with Crippen molar-refractivity contribution in [1.29, 1.82) is 0 Å². The Kier molecular flexibility index (Phi) is 10.5. The first-order valence-electron chi connectivity index (χ1n) is 12.1. The lowest BCUT2D eigenvalue weighted by Gasteiger charge is -2.13. The number of carbonyl (C=O) groups excluding carboxylic acids is 2. The molecule has 0 atom stereocenters. The molecular weight excluding hydrogens is 493 g/mol. The Labute approximate surface area is 216 Å². The summed E-state index contributed by atoms with van der Waals surface area (Å²) in [7, 11) is 0. The second kappa shape index (κ2) is 13.4. The molecule has 1 aliphatic carbocycles. The molecule has 1 N–H and O–H groups in total. The third-order valence-electron chi connectivity index (χ3n) is 5.72. The van der Waals surface area contributed by atoms with Crippen molar-refractivity contribution in [1.82, 2.24) is 0 Å². The minimum Gasteiger partial charge on any atom is -0.482 e. The molecule has 0 saturated heterocycles. The second-order valence-electron chi connectivity index (χ2n) is 8.90. The molecule has 0 saturated carbocycles. The molecular formula is C26H33Cl2NO4S. The van der Waals surface area contributed by atoms with Crippen LogP contribution in [0.1, 0.15) is 86.0 Å². The molecule has 1 amide bonds. The van der Waals surface area contributed by atoms with E-state index in [4.69, 9.17) is 32.7 Å². The van der Waals surface area contributed by atoms with Crippen LogP contribution in [-0.4, -0.2) is 24.6 Å². The van der Waals surface area contributed by atoms with E-state index in [0.717, 1.165) is 37.7 Å². The fourth-order valence-corrected chi connectivity index (χ4v) is 5.73. The predicted octanol–water partition coefficient (Wildman–Crippen LogP) is 7.86. The minimum absolute atomic E-state index is 0.244. The van der Waals surface area contributed by atoms with Crippen LogP contribution in [0.2, 0.25) is 10.0 Å². The van der Waals surface area contributed by atoms with Gasteiger partial charge in [-0.1, -0.05) is 61.7 Å². The topological polar surface area (TPSA) is 64.6 Å². The zero-order chi connectivity index (χ0) is 24.5. The molecule has 2 aromatic rings. The Morgan fingerprint density at radius 2 is 1.65 bits per heavy atom. The number of hydrogen-bond donors (Lipinski definition) is 1. The number of anilines is 1. The van der Waals surface area contributed by atoms with Crippen LogP contribution in [0.4, 0.5) is 5.00 Å². The molecule has 3 rings (SSSR count). The molecule has 0 unspecified atom stereocenters. The summed E-state index contributed by atoms with van der Waals surface area (Å²) in [6.45, 7) is 3.41. The van der Waals surface area contributed by atoms with Crippen LogP contribution < -0.4 is 10.1 Å². The van der Waals surface area contributed by atoms with E-state index in [0.29, 0.717) is 26.4 Å². The van der Waals surface area contributed by atoms with E-state index in [1.807, 2.05) is 13.8 Å².